The van der Waals surface area contributed by atoms with Crippen molar-refractivity contribution in [2.24, 2.45) is 0 Å². The van der Waals surface area contributed by atoms with Gasteiger partial charge in [0.1, 0.15) is 12.4 Å². The predicted molar refractivity (Wildman–Crippen MR) is 93.1 cm³/mol. The standard InChI is InChI=1S/C18H20ClFN2O4/c1-10-14(17(23)26-9-8-25-2)16(15-12(19)4-3-5-13(15)20)21-18(24)22(10)11-6-7-11/h3-5,11,16H,6-9H2,1-2H3,(H,21,24). The van der Waals surface area contributed by atoms with Gasteiger partial charge in [-0.1, -0.05) is 17.7 Å². The molecule has 1 heterocycles. The molecule has 0 aromatic heterocycles. The molecule has 6 nitrogen and oxygen atoms in total. The molecule has 1 unspecified atom stereocenters. The first-order chi connectivity index (χ1) is 12.5. The molecule has 1 atom stereocenters. The minimum Gasteiger partial charge on any atom is -0.460 e. The third-order valence-electron chi connectivity index (χ3n) is 4.47. The Kier molecular flexibility index (Phi) is 5.48. The molecule has 1 saturated carbocycles. The fourth-order valence-electron chi connectivity index (χ4n) is 3.09. The summed E-state index contributed by atoms with van der Waals surface area (Å²) in [7, 11) is 1.50. The first kappa shape index (κ1) is 18.7. The third kappa shape index (κ3) is 3.54. The molecule has 1 aliphatic carbocycles. The van der Waals surface area contributed by atoms with Crippen LogP contribution in [0.2, 0.25) is 5.02 Å². The van der Waals surface area contributed by atoms with E-state index in [1.54, 1.807) is 6.92 Å². The van der Waals surface area contributed by atoms with Crippen LogP contribution in [0, 0.1) is 5.82 Å². The van der Waals surface area contributed by atoms with Crippen molar-refractivity contribution in [1.29, 1.82) is 0 Å². The highest BCUT2D eigenvalue weighted by Crippen LogP contribution is 2.40. The van der Waals surface area contributed by atoms with E-state index in [0.717, 1.165) is 12.8 Å². The van der Waals surface area contributed by atoms with Crippen LogP contribution in [0.25, 0.3) is 0 Å². The first-order valence-electron chi connectivity index (χ1n) is 8.36. The van der Waals surface area contributed by atoms with E-state index in [4.69, 9.17) is 21.1 Å². The highest BCUT2D eigenvalue weighted by Gasteiger charge is 2.43. The zero-order valence-electron chi connectivity index (χ0n) is 14.6. The number of esters is 1. The second-order valence-electron chi connectivity index (χ2n) is 6.25. The van der Waals surface area contributed by atoms with Crippen molar-refractivity contribution in [2.75, 3.05) is 20.3 Å². The lowest BCUT2D eigenvalue weighted by Gasteiger charge is -2.35. The lowest BCUT2D eigenvalue weighted by atomic mass is 9.94. The molecule has 1 fully saturated rings. The van der Waals surface area contributed by atoms with Gasteiger partial charge in [-0.2, -0.15) is 0 Å². The van der Waals surface area contributed by atoms with Gasteiger partial charge in [-0.05, 0) is 31.9 Å². The number of carbonyl (C=O) groups is 2. The summed E-state index contributed by atoms with van der Waals surface area (Å²) >= 11 is 6.17. The number of urea groups is 1. The van der Waals surface area contributed by atoms with Crippen LogP contribution >= 0.6 is 11.6 Å². The minimum atomic E-state index is -1.01. The fraction of sp³-hybridized carbons (Fsp3) is 0.444. The maximum absolute atomic E-state index is 14.5. The minimum absolute atomic E-state index is 0.0498. The van der Waals surface area contributed by atoms with E-state index in [9.17, 15) is 14.0 Å². The maximum atomic E-state index is 14.5. The lowest BCUT2D eigenvalue weighted by Crippen LogP contribution is -2.49. The first-order valence-corrected chi connectivity index (χ1v) is 8.74. The van der Waals surface area contributed by atoms with Crippen molar-refractivity contribution >= 4 is 23.6 Å². The average molecular weight is 383 g/mol. The summed E-state index contributed by atoms with van der Waals surface area (Å²) in [6.45, 7) is 1.97. The zero-order chi connectivity index (χ0) is 18.8. The van der Waals surface area contributed by atoms with Crippen molar-refractivity contribution in [1.82, 2.24) is 10.2 Å². The Labute approximate surface area is 155 Å². The van der Waals surface area contributed by atoms with Crippen LogP contribution in [0.1, 0.15) is 31.4 Å². The van der Waals surface area contributed by atoms with Crippen LogP contribution in [0.3, 0.4) is 0 Å². The summed E-state index contributed by atoms with van der Waals surface area (Å²) in [6, 6.07) is 2.89. The average Bonchev–Trinajstić information content (AvgIpc) is 3.39. The number of hydrogen-bond acceptors (Lipinski definition) is 4. The van der Waals surface area contributed by atoms with E-state index in [1.165, 1.54) is 30.2 Å². The molecule has 1 aromatic rings. The number of allylic oxidation sites excluding steroid dienone is 1. The van der Waals surface area contributed by atoms with Gasteiger partial charge in [0.05, 0.1) is 18.2 Å². The highest BCUT2D eigenvalue weighted by atomic mass is 35.5. The smallest absolute Gasteiger partial charge is 0.338 e. The predicted octanol–water partition coefficient (Wildman–Crippen LogP) is 3.17. The number of benzene rings is 1. The summed E-state index contributed by atoms with van der Waals surface area (Å²) in [5.41, 5.74) is 0.693. The topological polar surface area (TPSA) is 67.9 Å². The number of ether oxygens (including phenoxy) is 2. The molecule has 1 N–H and O–H groups in total. The Balaban J connectivity index is 2.03. The molecule has 0 spiro atoms. The van der Waals surface area contributed by atoms with Crippen molar-refractivity contribution in [2.45, 2.75) is 31.8 Å². The second kappa shape index (κ2) is 7.63. The summed E-state index contributed by atoms with van der Waals surface area (Å²) in [5, 5.41) is 2.84. The molecule has 140 valence electrons. The molecule has 1 aromatic carbocycles. The van der Waals surface area contributed by atoms with Crippen LogP contribution in [-0.4, -0.2) is 43.3 Å². The number of hydrogen-bond donors (Lipinski definition) is 1. The quantitative estimate of drug-likeness (QED) is 0.606. The number of amides is 2. The number of carbonyl (C=O) groups excluding carboxylic acids is 2. The zero-order valence-corrected chi connectivity index (χ0v) is 15.3. The summed E-state index contributed by atoms with van der Waals surface area (Å²) in [4.78, 5) is 26.8. The number of rotatable bonds is 6. The summed E-state index contributed by atoms with van der Waals surface area (Å²) in [5.74, 6) is -1.23. The number of nitrogens with zero attached hydrogens (tertiary/aromatic N) is 1. The number of nitrogens with one attached hydrogen (secondary N) is 1. The molecule has 8 heteroatoms. The molecule has 3 rings (SSSR count). The second-order valence-corrected chi connectivity index (χ2v) is 6.65. The summed E-state index contributed by atoms with van der Waals surface area (Å²) in [6.07, 6.45) is 1.73. The fourth-order valence-corrected chi connectivity index (χ4v) is 3.36. The Bertz CT molecular complexity index is 743. The van der Waals surface area contributed by atoms with Crippen molar-refractivity contribution < 1.29 is 23.5 Å². The van der Waals surface area contributed by atoms with Gasteiger partial charge in [0.25, 0.3) is 0 Å². The molecule has 0 bridgehead atoms. The Hall–Kier alpha value is -2.12. The van der Waals surface area contributed by atoms with Gasteiger partial charge in [-0.3, -0.25) is 4.90 Å². The van der Waals surface area contributed by atoms with Crippen molar-refractivity contribution in [3.8, 4) is 0 Å². The van der Waals surface area contributed by atoms with Crippen LogP contribution in [0.5, 0.6) is 0 Å². The monoisotopic (exact) mass is 382 g/mol. The molecule has 0 saturated heterocycles. The SMILES string of the molecule is COCCOC(=O)C1=C(C)N(C2CC2)C(=O)NC1c1c(F)cccc1Cl. The van der Waals surface area contributed by atoms with Gasteiger partial charge in [0.15, 0.2) is 0 Å². The van der Waals surface area contributed by atoms with Crippen LogP contribution in [0.4, 0.5) is 9.18 Å². The number of halogens is 2. The normalized spacial score (nSPS) is 20.2. The third-order valence-corrected chi connectivity index (χ3v) is 4.80. The molecule has 26 heavy (non-hydrogen) atoms. The van der Waals surface area contributed by atoms with Gasteiger partial charge in [-0.25, -0.2) is 14.0 Å². The summed E-state index contributed by atoms with van der Waals surface area (Å²) < 4.78 is 24.6. The van der Waals surface area contributed by atoms with E-state index in [-0.39, 0.29) is 41.4 Å². The van der Waals surface area contributed by atoms with E-state index >= 15 is 0 Å². The highest BCUT2D eigenvalue weighted by molar-refractivity contribution is 6.31. The van der Waals surface area contributed by atoms with E-state index in [1.807, 2.05) is 0 Å². The molecule has 1 aliphatic heterocycles. The molecular formula is C18H20ClFN2O4. The number of methoxy groups -OCH3 is 1. The Morgan fingerprint density at radius 1 is 1.38 bits per heavy atom. The van der Waals surface area contributed by atoms with Crippen LogP contribution < -0.4 is 5.32 Å². The van der Waals surface area contributed by atoms with Crippen molar-refractivity contribution in [3.05, 3.63) is 45.9 Å². The van der Waals surface area contributed by atoms with Gasteiger partial charge in [0.2, 0.25) is 0 Å². The molecule has 2 aliphatic rings. The molecule has 0 radical (unpaired) electrons. The Morgan fingerprint density at radius 2 is 2.12 bits per heavy atom. The van der Waals surface area contributed by atoms with E-state index in [0.29, 0.717) is 5.70 Å². The van der Waals surface area contributed by atoms with Gasteiger partial charge >= 0.3 is 12.0 Å². The van der Waals surface area contributed by atoms with Crippen LogP contribution in [-0.2, 0) is 14.3 Å². The van der Waals surface area contributed by atoms with Gasteiger partial charge < -0.3 is 14.8 Å². The van der Waals surface area contributed by atoms with Crippen molar-refractivity contribution in [3.63, 3.8) is 0 Å². The molecular weight excluding hydrogens is 363 g/mol. The Morgan fingerprint density at radius 3 is 2.73 bits per heavy atom. The molecule has 2 amide bonds. The van der Waals surface area contributed by atoms with Gasteiger partial charge in [0, 0.05) is 29.4 Å². The maximum Gasteiger partial charge on any atom is 0.338 e. The lowest BCUT2D eigenvalue weighted by molar-refractivity contribution is -0.140. The van der Waals surface area contributed by atoms with E-state index < -0.39 is 17.8 Å². The van der Waals surface area contributed by atoms with Crippen LogP contribution in [0.15, 0.2) is 29.5 Å². The van der Waals surface area contributed by atoms with Gasteiger partial charge in [-0.15, -0.1) is 0 Å². The largest absolute Gasteiger partial charge is 0.460 e. The van der Waals surface area contributed by atoms with E-state index in [2.05, 4.69) is 5.32 Å².